The van der Waals surface area contributed by atoms with Gasteiger partial charge in [-0.2, -0.15) is 0 Å². The van der Waals surface area contributed by atoms with Gasteiger partial charge >= 0.3 is 5.97 Å². The van der Waals surface area contributed by atoms with Gasteiger partial charge in [-0.05, 0) is 0 Å². The van der Waals surface area contributed by atoms with Gasteiger partial charge in [-0.25, -0.2) is 9.47 Å². The van der Waals surface area contributed by atoms with Gasteiger partial charge in [0.2, 0.25) is 9.23 Å². The van der Waals surface area contributed by atoms with Crippen molar-refractivity contribution in [2.45, 2.75) is 35.1 Å². The Bertz CT molecular complexity index is 195. The van der Waals surface area contributed by atoms with E-state index in [0.717, 1.165) is 0 Å². The van der Waals surface area contributed by atoms with Crippen LogP contribution in [0.4, 0.5) is 0 Å². The van der Waals surface area contributed by atoms with Crippen LogP contribution in [0.1, 0.15) is 35.1 Å². The maximum atomic E-state index is 9.84. The van der Waals surface area contributed by atoms with E-state index >= 15 is 0 Å². The molecule has 5 nitrogen and oxygen atoms in total. The van der Waals surface area contributed by atoms with Crippen molar-refractivity contribution < 1.29 is 24.3 Å². The van der Waals surface area contributed by atoms with E-state index in [-0.39, 0.29) is 40.9 Å². The number of hydrogen-bond acceptors (Lipinski definition) is 4. The first kappa shape index (κ1) is 29.6. The molecule has 102 valence electrons. The van der Waals surface area contributed by atoms with E-state index in [0.29, 0.717) is 0 Å². The molecule has 2 N–H and O–H groups in total. The Morgan fingerprint density at radius 3 is 1.75 bits per heavy atom. The van der Waals surface area contributed by atoms with E-state index in [1.807, 2.05) is 0 Å². The second-order valence-electron chi connectivity index (χ2n) is 1.71. The molecule has 0 radical (unpaired) electrons. The van der Waals surface area contributed by atoms with Crippen LogP contribution in [-0.4, -0.2) is 20.5 Å². The first-order valence-electron chi connectivity index (χ1n) is 2.85. The van der Waals surface area contributed by atoms with Crippen molar-refractivity contribution in [2.75, 3.05) is 0 Å². The van der Waals surface area contributed by atoms with E-state index in [2.05, 4.69) is 32.8 Å². The first-order valence-corrected chi connectivity index (χ1v) is 5.65. The van der Waals surface area contributed by atoms with E-state index in [9.17, 15) is 4.79 Å². The fourth-order valence-corrected chi connectivity index (χ4v) is 0.292. The molecule has 0 bridgehead atoms. The summed E-state index contributed by atoms with van der Waals surface area (Å²) in [5.74, 6) is -0.870. The fourth-order valence-electron chi connectivity index (χ4n) is 0.292. The number of carbonyl (C=O) groups is 1. The lowest BCUT2D eigenvalue weighted by molar-refractivity contribution is -0.205. The Labute approximate surface area is 108 Å². The molecule has 0 fully saturated rings. The van der Waals surface area contributed by atoms with Crippen LogP contribution in [0, 0.1) is 0 Å². The third-order valence-electron chi connectivity index (χ3n) is 0.747. The van der Waals surface area contributed by atoms with E-state index < -0.39 is 15.2 Å². The van der Waals surface area contributed by atoms with Gasteiger partial charge < -0.3 is 9.99 Å². The monoisotopic (exact) mass is 298 g/mol. The maximum Gasteiger partial charge on any atom is 0.303 e. The van der Waals surface area contributed by atoms with Gasteiger partial charge in [0, 0.05) is 27.8 Å². The number of hydrogen-bond donors (Lipinski definition) is 2. The van der Waals surface area contributed by atoms with Crippen LogP contribution < -0.4 is 0 Å². The second kappa shape index (κ2) is 20.2. The van der Waals surface area contributed by atoms with Crippen LogP contribution in [0.5, 0.6) is 0 Å². The Morgan fingerprint density at radius 1 is 1.25 bits per heavy atom. The van der Waals surface area contributed by atoms with Gasteiger partial charge in [0.1, 0.15) is 5.76 Å². The molecule has 0 rings (SSSR count). The highest BCUT2D eigenvalue weighted by atomic mass is 36.0. The molecule has 0 aromatic rings. The molecule has 0 aromatic heterocycles. The predicted molar refractivity (Wildman–Crippen MR) is 69.8 cm³/mol. The molecule has 0 aliphatic carbocycles. The van der Waals surface area contributed by atoms with E-state index in [1.54, 1.807) is 0 Å². The Balaban J connectivity index is -0.0000000511. The van der Waals surface area contributed by atoms with E-state index in [1.165, 1.54) is 0 Å². The highest BCUT2D eigenvalue weighted by Crippen LogP contribution is 2.00. The first-order chi connectivity index (χ1) is 5.90. The Morgan fingerprint density at radius 2 is 1.56 bits per heavy atom. The van der Waals surface area contributed by atoms with Crippen LogP contribution in [0.3, 0.4) is 0 Å². The lowest BCUT2D eigenvalue weighted by Crippen LogP contribution is -1.95. The standard InChI is InChI=1S/C5H8O4.3CH4.Cl2OS/c1-4(9-8)2-3-5(6)7;;;;1-4(2)3/h8H,1-3H2,(H,6,7);3*1H4;. The highest BCUT2D eigenvalue weighted by Gasteiger charge is 1.99. The van der Waals surface area contributed by atoms with Gasteiger partial charge in [0.15, 0.2) is 0 Å². The second-order valence-corrected chi connectivity index (χ2v) is 4.23. The zero-order chi connectivity index (χ0) is 10.9. The minimum atomic E-state index is -1.67. The highest BCUT2D eigenvalue weighted by molar-refractivity contribution is 8.26. The molecule has 0 unspecified atom stereocenters. The van der Waals surface area contributed by atoms with Crippen molar-refractivity contribution in [3.8, 4) is 0 Å². The van der Waals surface area contributed by atoms with E-state index in [4.69, 9.17) is 14.6 Å². The van der Waals surface area contributed by atoms with Gasteiger partial charge in [0.25, 0.3) is 0 Å². The summed E-state index contributed by atoms with van der Waals surface area (Å²) >= 11 is 0. The predicted octanol–water partition coefficient (Wildman–Crippen LogP) is 3.81. The molecule has 0 spiro atoms. The van der Waals surface area contributed by atoms with Crippen LogP contribution in [0.2, 0.25) is 0 Å². The fraction of sp³-hybridized carbons (Fsp3) is 0.625. The SMILES string of the molecule is C.C.C.C=C(CCC(=O)O)OO.O=S(Cl)Cl. The number of aliphatic carboxylic acids is 1. The quantitative estimate of drug-likeness (QED) is 0.357. The minimum absolute atomic E-state index is 0. The minimum Gasteiger partial charge on any atom is -0.481 e. The smallest absolute Gasteiger partial charge is 0.303 e. The third kappa shape index (κ3) is 49.2. The number of carboxylic acid groups (broad SMARTS) is 1. The lowest BCUT2D eigenvalue weighted by atomic mass is 10.3. The van der Waals surface area contributed by atoms with Crippen molar-refractivity contribution in [1.82, 2.24) is 0 Å². The summed E-state index contributed by atoms with van der Waals surface area (Å²) in [6, 6.07) is 0. The zero-order valence-electron chi connectivity index (χ0n) is 6.40. The summed E-state index contributed by atoms with van der Waals surface area (Å²) in [5.41, 5.74) is 0. The third-order valence-corrected chi connectivity index (χ3v) is 0.747. The molecule has 0 aliphatic rings. The summed E-state index contributed by atoms with van der Waals surface area (Å²) < 4.78 is 9.09. The average molecular weight is 299 g/mol. The molecule has 16 heavy (non-hydrogen) atoms. The van der Waals surface area contributed by atoms with Crippen molar-refractivity contribution in [3.05, 3.63) is 12.3 Å². The summed E-state index contributed by atoms with van der Waals surface area (Å²) in [6.07, 6.45) is 0.0746. The van der Waals surface area contributed by atoms with Crippen molar-refractivity contribution in [2.24, 2.45) is 0 Å². The van der Waals surface area contributed by atoms with Gasteiger partial charge in [-0.3, -0.25) is 4.79 Å². The van der Waals surface area contributed by atoms with Crippen LogP contribution >= 0.6 is 21.4 Å². The van der Waals surface area contributed by atoms with Crippen molar-refractivity contribution in [1.29, 1.82) is 0 Å². The number of rotatable bonds is 4. The van der Waals surface area contributed by atoms with Gasteiger partial charge in [-0.15, -0.1) is 0 Å². The Kier molecular flexibility index (Phi) is 37.3. The number of allylic oxidation sites excluding steroid dienone is 1. The largest absolute Gasteiger partial charge is 0.481 e. The summed E-state index contributed by atoms with van der Waals surface area (Å²) in [7, 11) is 7.36. The molecule has 0 aliphatic heterocycles. The van der Waals surface area contributed by atoms with Crippen LogP contribution in [0.15, 0.2) is 12.3 Å². The lowest BCUT2D eigenvalue weighted by Gasteiger charge is -1.95. The zero-order valence-corrected chi connectivity index (χ0v) is 8.73. The topological polar surface area (TPSA) is 83.8 Å². The number of halogens is 2. The molecule has 8 heteroatoms. The maximum absolute atomic E-state index is 9.84. The molecule has 0 aromatic carbocycles. The molecule has 0 saturated heterocycles. The summed E-state index contributed by atoms with van der Waals surface area (Å²) in [4.78, 5) is 13.5. The van der Waals surface area contributed by atoms with Crippen LogP contribution in [-0.2, 0) is 18.9 Å². The van der Waals surface area contributed by atoms with Gasteiger partial charge in [-0.1, -0.05) is 28.9 Å². The molecule has 0 amide bonds. The molecule has 0 atom stereocenters. The molecule has 0 heterocycles. The molecular formula is C8H20Cl2O5S. The normalized spacial score (nSPS) is 7.00. The van der Waals surface area contributed by atoms with Crippen molar-refractivity contribution >= 4 is 36.6 Å². The summed E-state index contributed by atoms with van der Waals surface area (Å²) in [5, 5.41) is 15.9. The Hall–Kier alpha value is -0.300. The van der Waals surface area contributed by atoms with Gasteiger partial charge in [0.05, 0.1) is 6.42 Å². The molecular weight excluding hydrogens is 279 g/mol. The number of carboxylic acids is 1. The van der Waals surface area contributed by atoms with Crippen molar-refractivity contribution in [3.63, 3.8) is 0 Å². The average Bonchev–Trinajstić information content (AvgIpc) is 1.99. The summed E-state index contributed by atoms with van der Waals surface area (Å²) in [6.45, 7) is 3.21. The molecule has 0 saturated carbocycles. The van der Waals surface area contributed by atoms with Crippen LogP contribution in [0.25, 0.3) is 0 Å².